The molecule has 0 bridgehead atoms. The summed E-state index contributed by atoms with van der Waals surface area (Å²) < 4.78 is 41.9. The fourth-order valence-electron chi connectivity index (χ4n) is 2.08. The zero-order valence-electron chi connectivity index (χ0n) is 15.6. The van der Waals surface area contributed by atoms with Gasteiger partial charge in [0.1, 0.15) is 5.82 Å². The lowest BCUT2D eigenvalue weighted by atomic mass is 10.1. The molecule has 3 nitrogen and oxygen atoms in total. The third-order valence-corrected chi connectivity index (χ3v) is 3.31. The lowest BCUT2D eigenvalue weighted by molar-refractivity contribution is 0.0791. The molecule has 0 saturated heterocycles. The van der Waals surface area contributed by atoms with Crippen molar-refractivity contribution in [3.05, 3.63) is 65.5 Å². The smallest absolute Gasteiger partial charge is 0.182 e. The first-order chi connectivity index (χ1) is 12.4. The van der Waals surface area contributed by atoms with Gasteiger partial charge in [-0.1, -0.05) is 33.4 Å². The van der Waals surface area contributed by atoms with E-state index in [9.17, 15) is 13.2 Å². The summed E-state index contributed by atoms with van der Waals surface area (Å²) in [7, 11) is 0. The number of nitrogens with one attached hydrogen (secondary N) is 2. The average Bonchev–Trinajstić information content (AvgIpc) is 2.63. The molecule has 26 heavy (non-hydrogen) atoms. The lowest BCUT2D eigenvalue weighted by Gasteiger charge is -2.17. The minimum absolute atomic E-state index is 0.0358. The van der Waals surface area contributed by atoms with Crippen LogP contribution < -0.4 is 10.8 Å². The van der Waals surface area contributed by atoms with Gasteiger partial charge in [0.05, 0.1) is 23.7 Å². The fourth-order valence-corrected chi connectivity index (χ4v) is 2.08. The molecule has 0 aromatic heterocycles. The second-order valence-corrected chi connectivity index (χ2v) is 5.32. The summed E-state index contributed by atoms with van der Waals surface area (Å²) in [5.74, 6) is -2.73. The van der Waals surface area contributed by atoms with E-state index in [0.29, 0.717) is 6.61 Å². The molecule has 2 aromatic carbocycles. The minimum atomic E-state index is -1.12. The van der Waals surface area contributed by atoms with Crippen LogP contribution in [0.4, 0.5) is 24.5 Å². The van der Waals surface area contributed by atoms with E-state index in [2.05, 4.69) is 17.4 Å². The Bertz CT molecular complexity index is 748. The highest BCUT2D eigenvalue weighted by molar-refractivity contribution is 5.77. The second kappa shape index (κ2) is 10.5. The van der Waals surface area contributed by atoms with Crippen molar-refractivity contribution in [2.45, 2.75) is 34.1 Å². The Kier molecular flexibility index (Phi) is 8.72. The molecular formula is C20H25F3N2O. The molecule has 0 aliphatic heterocycles. The van der Waals surface area contributed by atoms with Crippen molar-refractivity contribution >= 4 is 17.1 Å². The Hall–Kier alpha value is -2.47. The van der Waals surface area contributed by atoms with E-state index in [4.69, 9.17) is 4.84 Å². The molecule has 0 radical (unpaired) electrons. The maximum Gasteiger partial charge on any atom is 0.182 e. The summed E-state index contributed by atoms with van der Waals surface area (Å²) in [5.41, 5.74) is 3.60. The molecule has 0 heterocycles. The number of anilines is 2. The number of hydrogen-bond donors (Lipinski definition) is 2. The van der Waals surface area contributed by atoms with E-state index < -0.39 is 17.5 Å². The van der Waals surface area contributed by atoms with E-state index in [1.54, 1.807) is 13.0 Å². The Labute approximate surface area is 152 Å². The topological polar surface area (TPSA) is 33.3 Å². The van der Waals surface area contributed by atoms with Gasteiger partial charge >= 0.3 is 0 Å². The average molecular weight is 366 g/mol. The van der Waals surface area contributed by atoms with Gasteiger partial charge in [-0.25, -0.2) is 13.2 Å². The van der Waals surface area contributed by atoms with Gasteiger partial charge in [0.15, 0.2) is 11.6 Å². The van der Waals surface area contributed by atoms with Crippen LogP contribution in [0.3, 0.4) is 0 Å². The highest BCUT2D eigenvalue weighted by Gasteiger charge is 2.17. The number of benzene rings is 2. The zero-order chi connectivity index (χ0) is 19.7. The van der Waals surface area contributed by atoms with Gasteiger partial charge in [-0.05, 0) is 43.2 Å². The molecule has 0 atom stereocenters. The normalized spacial score (nSPS) is 9.96. The van der Waals surface area contributed by atoms with Crippen LogP contribution in [0.5, 0.6) is 0 Å². The fraction of sp³-hybridized carbons (Fsp3) is 0.300. The van der Waals surface area contributed by atoms with Crippen LogP contribution in [-0.2, 0) is 4.84 Å². The highest BCUT2D eigenvalue weighted by atomic mass is 19.2. The van der Waals surface area contributed by atoms with Gasteiger partial charge in [-0.2, -0.15) is 0 Å². The molecule has 0 aliphatic carbocycles. The Morgan fingerprint density at radius 1 is 1.08 bits per heavy atom. The van der Waals surface area contributed by atoms with Crippen LogP contribution in [0.1, 0.15) is 38.3 Å². The van der Waals surface area contributed by atoms with Crippen molar-refractivity contribution in [1.29, 1.82) is 0 Å². The Balaban J connectivity index is 0.00000163. The maximum absolute atomic E-state index is 14.2. The molecule has 6 heteroatoms. The molecule has 0 fully saturated rings. The van der Waals surface area contributed by atoms with E-state index in [0.717, 1.165) is 18.1 Å². The van der Waals surface area contributed by atoms with Crippen LogP contribution in [0.15, 0.2) is 36.9 Å². The van der Waals surface area contributed by atoms with E-state index in [-0.39, 0.29) is 22.6 Å². The van der Waals surface area contributed by atoms with Crippen LogP contribution in [0.2, 0.25) is 0 Å². The number of rotatable bonds is 7. The molecule has 0 unspecified atom stereocenters. The van der Waals surface area contributed by atoms with E-state index in [1.807, 2.05) is 20.8 Å². The predicted octanol–water partition coefficient (Wildman–Crippen LogP) is 6.08. The van der Waals surface area contributed by atoms with Crippen molar-refractivity contribution in [3.8, 4) is 0 Å². The standard InChI is InChI=1S/C18H19F3N2O.C2H6/c1-4-9-24-23-12(3)13-6-7-14(19)17(21)18(13)22-16-8-5-11(2)10-15(16)20;1-2/h5-8,10,22-23H,3-4,9H2,1-2H3;1-2H3. The summed E-state index contributed by atoms with van der Waals surface area (Å²) in [6.07, 6.45) is 0.776. The van der Waals surface area contributed by atoms with Crippen molar-refractivity contribution in [2.24, 2.45) is 0 Å². The third kappa shape index (κ3) is 5.52. The largest absolute Gasteiger partial charge is 0.350 e. The summed E-state index contributed by atoms with van der Waals surface area (Å²) in [4.78, 5) is 5.15. The Morgan fingerprint density at radius 2 is 1.77 bits per heavy atom. The second-order valence-electron chi connectivity index (χ2n) is 5.32. The van der Waals surface area contributed by atoms with Crippen molar-refractivity contribution < 1.29 is 18.0 Å². The van der Waals surface area contributed by atoms with Gasteiger partial charge in [0.25, 0.3) is 0 Å². The summed E-state index contributed by atoms with van der Waals surface area (Å²) >= 11 is 0. The molecule has 0 spiro atoms. The number of halogens is 3. The molecular weight excluding hydrogens is 341 g/mol. The SMILES string of the molecule is C=C(NOCCC)c1ccc(F)c(F)c1Nc1ccc(C)cc1F.CC. The summed E-state index contributed by atoms with van der Waals surface area (Å²) in [6.45, 7) is 11.8. The summed E-state index contributed by atoms with van der Waals surface area (Å²) in [6, 6.07) is 6.75. The van der Waals surface area contributed by atoms with Crippen molar-refractivity contribution in [3.63, 3.8) is 0 Å². The lowest BCUT2D eigenvalue weighted by Crippen LogP contribution is -2.15. The number of hydrogen-bond acceptors (Lipinski definition) is 3. The van der Waals surface area contributed by atoms with Crippen LogP contribution in [0.25, 0.3) is 5.70 Å². The van der Waals surface area contributed by atoms with E-state index in [1.165, 1.54) is 18.2 Å². The van der Waals surface area contributed by atoms with Gasteiger partial charge in [0.2, 0.25) is 0 Å². The molecule has 0 aliphatic rings. The molecule has 0 saturated carbocycles. The van der Waals surface area contributed by atoms with Gasteiger partial charge in [0, 0.05) is 5.56 Å². The molecule has 2 rings (SSSR count). The van der Waals surface area contributed by atoms with Crippen LogP contribution in [-0.4, -0.2) is 6.61 Å². The van der Waals surface area contributed by atoms with Crippen molar-refractivity contribution in [1.82, 2.24) is 5.48 Å². The third-order valence-electron chi connectivity index (χ3n) is 3.31. The molecule has 2 N–H and O–H groups in total. The molecule has 2 aromatic rings. The van der Waals surface area contributed by atoms with Gasteiger partial charge < -0.3 is 5.32 Å². The Morgan fingerprint density at radius 3 is 2.38 bits per heavy atom. The van der Waals surface area contributed by atoms with Crippen LogP contribution in [0, 0.1) is 24.4 Å². The highest BCUT2D eigenvalue weighted by Crippen LogP contribution is 2.31. The zero-order valence-corrected chi connectivity index (χ0v) is 15.6. The number of hydroxylamine groups is 1. The first-order valence-corrected chi connectivity index (χ1v) is 8.52. The predicted molar refractivity (Wildman–Crippen MR) is 101 cm³/mol. The summed E-state index contributed by atoms with van der Waals surface area (Å²) in [5, 5.41) is 2.60. The van der Waals surface area contributed by atoms with Gasteiger partial charge in [-0.15, -0.1) is 0 Å². The number of aryl methyl sites for hydroxylation is 1. The first-order valence-electron chi connectivity index (χ1n) is 8.52. The molecule has 142 valence electrons. The minimum Gasteiger partial charge on any atom is -0.350 e. The van der Waals surface area contributed by atoms with Gasteiger partial charge in [-0.3, -0.25) is 10.3 Å². The van der Waals surface area contributed by atoms with E-state index >= 15 is 0 Å². The quantitative estimate of drug-likeness (QED) is 0.460. The van der Waals surface area contributed by atoms with Crippen LogP contribution >= 0.6 is 0 Å². The van der Waals surface area contributed by atoms with Crippen molar-refractivity contribution in [2.75, 3.05) is 11.9 Å². The maximum atomic E-state index is 14.2. The monoisotopic (exact) mass is 366 g/mol. The molecule has 0 amide bonds. The first kappa shape index (κ1) is 21.6.